The van der Waals surface area contributed by atoms with Crippen molar-refractivity contribution < 1.29 is 14.6 Å². The van der Waals surface area contributed by atoms with Crippen LogP contribution in [0.25, 0.3) is 0 Å². The Labute approximate surface area is 122 Å². The predicted molar refractivity (Wildman–Crippen MR) is 76.9 cm³/mol. The molecule has 0 radical (unpaired) electrons. The second-order valence-electron chi connectivity index (χ2n) is 4.56. The van der Waals surface area contributed by atoms with Crippen LogP contribution in [0.5, 0.6) is 11.6 Å². The zero-order valence-electron chi connectivity index (χ0n) is 11.4. The number of halogens is 1. The third-order valence-electron chi connectivity index (χ3n) is 2.92. The highest BCUT2D eigenvalue weighted by Crippen LogP contribution is 2.30. The Kier molecular flexibility index (Phi) is 3.95. The van der Waals surface area contributed by atoms with Crippen LogP contribution in [0.4, 0.5) is 0 Å². The summed E-state index contributed by atoms with van der Waals surface area (Å²) in [5.74, 6) is 0.0470. The van der Waals surface area contributed by atoms with E-state index in [9.17, 15) is 4.79 Å². The third-order valence-corrected chi connectivity index (χ3v) is 3.14. The molecule has 0 atom stereocenters. The Hall–Kier alpha value is -2.07. The predicted octanol–water partition coefficient (Wildman–Crippen LogP) is 4.15. The topological polar surface area (TPSA) is 59.4 Å². The first-order chi connectivity index (χ1) is 9.38. The quantitative estimate of drug-likeness (QED) is 0.923. The van der Waals surface area contributed by atoms with E-state index in [1.807, 2.05) is 26.0 Å². The van der Waals surface area contributed by atoms with Gasteiger partial charge in [0.15, 0.2) is 0 Å². The number of carboxylic acids is 1. The van der Waals surface area contributed by atoms with Gasteiger partial charge in [0.25, 0.3) is 0 Å². The first-order valence-electron chi connectivity index (χ1n) is 6.04. The van der Waals surface area contributed by atoms with Gasteiger partial charge in [-0.3, -0.25) is 0 Å². The maximum Gasteiger partial charge on any atom is 0.337 e. The second-order valence-corrected chi connectivity index (χ2v) is 4.99. The van der Waals surface area contributed by atoms with E-state index in [1.165, 1.54) is 6.07 Å². The molecule has 1 N–H and O–H groups in total. The molecule has 0 aliphatic heterocycles. The number of hydrogen-bond acceptors (Lipinski definition) is 3. The number of aryl methyl sites for hydroxylation is 3. The van der Waals surface area contributed by atoms with E-state index in [-0.39, 0.29) is 5.56 Å². The van der Waals surface area contributed by atoms with Crippen LogP contribution in [0.15, 0.2) is 24.3 Å². The van der Waals surface area contributed by atoms with E-state index < -0.39 is 5.97 Å². The minimum absolute atomic E-state index is 0.168. The fourth-order valence-corrected chi connectivity index (χ4v) is 2.31. The number of carboxylic acid groups (broad SMARTS) is 1. The van der Waals surface area contributed by atoms with Crippen molar-refractivity contribution in [1.82, 2.24) is 4.98 Å². The lowest BCUT2D eigenvalue weighted by Crippen LogP contribution is -2.02. The number of aromatic carboxylic acids is 1. The fraction of sp³-hybridized carbons (Fsp3) is 0.200. The molecule has 0 fully saturated rings. The maximum atomic E-state index is 10.9. The standard InChI is InChI=1S/C15H14ClNO3/c1-8-6-11(16)7-9(2)14(8)20-13-5-4-12(15(18)19)10(3)17-13/h4-7H,1-3H3,(H,18,19). The maximum absolute atomic E-state index is 10.9. The zero-order valence-corrected chi connectivity index (χ0v) is 12.2. The molecule has 2 aromatic rings. The number of hydrogen-bond donors (Lipinski definition) is 1. The van der Waals surface area contributed by atoms with E-state index in [2.05, 4.69) is 4.98 Å². The van der Waals surface area contributed by atoms with Crippen molar-refractivity contribution in [3.8, 4) is 11.6 Å². The Balaban J connectivity index is 2.36. The molecule has 1 heterocycles. The summed E-state index contributed by atoms with van der Waals surface area (Å²) in [6, 6.07) is 6.65. The van der Waals surface area contributed by atoms with Crippen LogP contribution in [-0.2, 0) is 0 Å². The molecular weight excluding hydrogens is 278 g/mol. The number of nitrogens with zero attached hydrogens (tertiary/aromatic N) is 1. The lowest BCUT2D eigenvalue weighted by Gasteiger charge is -2.12. The molecule has 5 heteroatoms. The number of ether oxygens (including phenoxy) is 1. The lowest BCUT2D eigenvalue weighted by molar-refractivity contribution is 0.0695. The van der Waals surface area contributed by atoms with Crippen molar-refractivity contribution in [2.24, 2.45) is 0 Å². The summed E-state index contributed by atoms with van der Waals surface area (Å²) in [4.78, 5) is 15.1. The Morgan fingerprint density at radius 1 is 1.20 bits per heavy atom. The van der Waals surface area contributed by atoms with Crippen LogP contribution < -0.4 is 4.74 Å². The van der Waals surface area contributed by atoms with Crippen molar-refractivity contribution in [3.05, 3.63) is 51.7 Å². The lowest BCUT2D eigenvalue weighted by atomic mass is 10.1. The molecule has 0 spiro atoms. The van der Waals surface area contributed by atoms with Gasteiger partial charge >= 0.3 is 5.97 Å². The summed E-state index contributed by atoms with van der Waals surface area (Å²) in [5.41, 5.74) is 2.38. The minimum atomic E-state index is -1.000. The van der Waals surface area contributed by atoms with Crippen molar-refractivity contribution in [1.29, 1.82) is 0 Å². The van der Waals surface area contributed by atoms with Gasteiger partial charge in [0.05, 0.1) is 11.3 Å². The van der Waals surface area contributed by atoms with E-state index in [0.29, 0.717) is 22.3 Å². The SMILES string of the molecule is Cc1cc(Cl)cc(C)c1Oc1ccc(C(=O)O)c(C)n1. The van der Waals surface area contributed by atoms with Crippen molar-refractivity contribution in [3.63, 3.8) is 0 Å². The van der Waals surface area contributed by atoms with Crippen LogP contribution >= 0.6 is 11.6 Å². The molecule has 0 saturated carbocycles. The molecule has 0 unspecified atom stereocenters. The van der Waals surface area contributed by atoms with Crippen LogP contribution in [0.3, 0.4) is 0 Å². The van der Waals surface area contributed by atoms with Gasteiger partial charge in [0.2, 0.25) is 5.88 Å². The number of benzene rings is 1. The first-order valence-corrected chi connectivity index (χ1v) is 6.42. The summed E-state index contributed by atoms with van der Waals surface area (Å²) in [7, 11) is 0. The molecular formula is C15H14ClNO3. The van der Waals surface area contributed by atoms with Gasteiger partial charge in [-0.15, -0.1) is 0 Å². The third kappa shape index (κ3) is 2.91. The average Bonchev–Trinajstić information content (AvgIpc) is 2.33. The van der Waals surface area contributed by atoms with Gasteiger partial charge in [0.1, 0.15) is 5.75 Å². The van der Waals surface area contributed by atoms with Gasteiger partial charge in [-0.2, -0.15) is 0 Å². The number of carbonyl (C=O) groups is 1. The number of aromatic nitrogens is 1. The molecule has 1 aromatic carbocycles. The Morgan fingerprint density at radius 2 is 1.80 bits per heavy atom. The van der Waals surface area contributed by atoms with Gasteiger partial charge in [-0.25, -0.2) is 9.78 Å². The molecule has 20 heavy (non-hydrogen) atoms. The summed E-state index contributed by atoms with van der Waals surface area (Å²) in [6.07, 6.45) is 0. The van der Waals surface area contributed by atoms with E-state index in [0.717, 1.165) is 11.1 Å². The average molecular weight is 292 g/mol. The van der Waals surface area contributed by atoms with Crippen LogP contribution in [0.2, 0.25) is 5.02 Å². The summed E-state index contributed by atoms with van der Waals surface area (Å²) in [5, 5.41) is 9.62. The molecule has 1 aromatic heterocycles. The van der Waals surface area contributed by atoms with E-state index >= 15 is 0 Å². The molecule has 0 aliphatic rings. The van der Waals surface area contributed by atoms with Crippen LogP contribution in [0.1, 0.15) is 27.2 Å². The van der Waals surface area contributed by atoms with E-state index in [1.54, 1.807) is 13.0 Å². The normalized spacial score (nSPS) is 10.4. The molecule has 2 rings (SSSR count). The summed E-state index contributed by atoms with van der Waals surface area (Å²) >= 11 is 5.97. The van der Waals surface area contributed by atoms with Gasteiger partial charge in [0, 0.05) is 11.1 Å². The number of pyridine rings is 1. The van der Waals surface area contributed by atoms with Crippen molar-refractivity contribution >= 4 is 17.6 Å². The van der Waals surface area contributed by atoms with Crippen LogP contribution in [0, 0.1) is 20.8 Å². The first kappa shape index (κ1) is 14.3. The van der Waals surface area contributed by atoms with Gasteiger partial charge in [-0.05, 0) is 50.1 Å². The zero-order chi connectivity index (χ0) is 14.9. The molecule has 0 amide bonds. The number of rotatable bonds is 3. The summed E-state index contributed by atoms with van der Waals surface area (Å²) in [6.45, 7) is 5.43. The fourth-order valence-electron chi connectivity index (χ4n) is 1.98. The molecule has 0 bridgehead atoms. The Bertz CT molecular complexity index is 660. The smallest absolute Gasteiger partial charge is 0.337 e. The monoisotopic (exact) mass is 291 g/mol. The molecule has 0 aliphatic carbocycles. The highest BCUT2D eigenvalue weighted by atomic mass is 35.5. The van der Waals surface area contributed by atoms with Gasteiger partial charge < -0.3 is 9.84 Å². The van der Waals surface area contributed by atoms with E-state index in [4.69, 9.17) is 21.4 Å². The van der Waals surface area contributed by atoms with Crippen molar-refractivity contribution in [2.75, 3.05) is 0 Å². The summed E-state index contributed by atoms with van der Waals surface area (Å²) < 4.78 is 5.75. The highest BCUT2D eigenvalue weighted by Gasteiger charge is 2.12. The molecule has 4 nitrogen and oxygen atoms in total. The Morgan fingerprint density at radius 3 is 2.30 bits per heavy atom. The van der Waals surface area contributed by atoms with Gasteiger partial charge in [-0.1, -0.05) is 11.6 Å². The highest BCUT2D eigenvalue weighted by molar-refractivity contribution is 6.30. The largest absolute Gasteiger partial charge is 0.478 e. The molecule has 104 valence electrons. The molecule has 0 saturated heterocycles. The second kappa shape index (κ2) is 5.51. The van der Waals surface area contributed by atoms with Crippen molar-refractivity contribution in [2.45, 2.75) is 20.8 Å². The van der Waals surface area contributed by atoms with Crippen LogP contribution in [-0.4, -0.2) is 16.1 Å². The minimum Gasteiger partial charge on any atom is -0.478 e.